The van der Waals surface area contributed by atoms with Crippen LogP contribution in [-0.4, -0.2) is 18.8 Å². The minimum absolute atomic E-state index is 0.347. The molecule has 2 heteroatoms. The summed E-state index contributed by atoms with van der Waals surface area (Å²) in [6.45, 7) is 0.769. The zero-order valence-corrected chi connectivity index (χ0v) is 5.29. The molecule has 9 heavy (non-hydrogen) atoms. The van der Waals surface area contributed by atoms with Crippen molar-refractivity contribution < 1.29 is 4.74 Å². The summed E-state index contributed by atoms with van der Waals surface area (Å²) in [5.74, 6) is 0.597. The Morgan fingerprint density at radius 1 is 1.56 bits per heavy atom. The van der Waals surface area contributed by atoms with Crippen LogP contribution in [0.3, 0.4) is 0 Å². The molecule has 2 rings (SSSR count). The van der Waals surface area contributed by atoms with Gasteiger partial charge in [0.25, 0.3) is 0 Å². The first kappa shape index (κ1) is 5.45. The highest BCUT2D eigenvalue weighted by Crippen LogP contribution is 2.32. The number of ether oxygens (including phenoxy) is 1. The monoisotopic (exact) mass is 125 g/mol. The van der Waals surface area contributed by atoms with Gasteiger partial charge in [-0.1, -0.05) is 12.2 Å². The molecule has 50 valence electrons. The molecule has 2 heterocycles. The van der Waals surface area contributed by atoms with E-state index in [1.807, 2.05) is 0 Å². The van der Waals surface area contributed by atoms with Gasteiger partial charge in [0.2, 0.25) is 0 Å². The number of rotatable bonds is 1. The van der Waals surface area contributed by atoms with Crippen molar-refractivity contribution in [2.75, 3.05) is 6.54 Å². The Labute approximate surface area is 54.7 Å². The molecule has 0 aromatic carbocycles. The Hall–Kier alpha value is -0.340. The molecule has 0 unspecified atom stereocenters. The maximum Gasteiger partial charge on any atom is 0.0806 e. The van der Waals surface area contributed by atoms with Crippen LogP contribution >= 0.6 is 0 Å². The molecule has 2 aliphatic rings. The first-order chi connectivity index (χ1) is 4.40. The molecular formula is C7H11NO. The minimum Gasteiger partial charge on any atom is -0.367 e. The second-order valence-electron chi connectivity index (χ2n) is 2.76. The molecule has 1 fully saturated rings. The van der Waals surface area contributed by atoms with Gasteiger partial charge < -0.3 is 10.5 Å². The molecule has 2 N–H and O–H groups in total. The maximum atomic E-state index is 5.51. The summed E-state index contributed by atoms with van der Waals surface area (Å²) in [5, 5.41) is 0. The number of hydrogen-bond acceptors (Lipinski definition) is 2. The van der Waals surface area contributed by atoms with Gasteiger partial charge in [-0.3, -0.25) is 0 Å². The summed E-state index contributed by atoms with van der Waals surface area (Å²) < 4.78 is 5.48. The van der Waals surface area contributed by atoms with Gasteiger partial charge >= 0.3 is 0 Å². The van der Waals surface area contributed by atoms with Crippen molar-refractivity contribution in [2.45, 2.75) is 18.6 Å². The normalized spacial score (nSPS) is 46.6. The van der Waals surface area contributed by atoms with E-state index >= 15 is 0 Å². The Morgan fingerprint density at radius 2 is 2.44 bits per heavy atom. The minimum atomic E-state index is 0.347. The van der Waals surface area contributed by atoms with Crippen molar-refractivity contribution in [1.82, 2.24) is 0 Å². The van der Waals surface area contributed by atoms with E-state index in [0.717, 1.165) is 13.0 Å². The number of hydrogen-bond donors (Lipinski definition) is 1. The first-order valence-corrected chi connectivity index (χ1v) is 3.44. The Kier molecular flexibility index (Phi) is 1.10. The van der Waals surface area contributed by atoms with Crippen LogP contribution in [0, 0.1) is 5.92 Å². The standard InChI is InChI=1S/C7H11NO/c8-4-5-3-6-1-2-7(5)9-6/h1-2,5-7H,3-4,8H2/t5-,6-,7-/m1/s1. The largest absolute Gasteiger partial charge is 0.367 e. The van der Waals surface area contributed by atoms with Crippen molar-refractivity contribution in [3.63, 3.8) is 0 Å². The highest BCUT2D eigenvalue weighted by Gasteiger charge is 2.35. The molecule has 2 aliphatic heterocycles. The predicted octanol–water partition coefficient (Wildman–Crippen LogP) is 0.289. The molecule has 2 nitrogen and oxygen atoms in total. The molecule has 0 aromatic rings. The molecule has 3 atom stereocenters. The molecule has 0 aromatic heterocycles. The second kappa shape index (κ2) is 1.82. The topological polar surface area (TPSA) is 35.2 Å². The van der Waals surface area contributed by atoms with Crippen molar-refractivity contribution in [1.29, 1.82) is 0 Å². The van der Waals surface area contributed by atoms with Crippen molar-refractivity contribution in [3.8, 4) is 0 Å². The van der Waals surface area contributed by atoms with E-state index in [1.165, 1.54) is 0 Å². The summed E-state index contributed by atoms with van der Waals surface area (Å²) in [6.07, 6.45) is 6.14. The van der Waals surface area contributed by atoms with E-state index < -0.39 is 0 Å². The number of fused-ring (bicyclic) bond motifs is 2. The highest BCUT2D eigenvalue weighted by molar-refractivity contribution is 5.10. The molecular weight excluding hydrogens is 114 g/mol. The van der Waals surface area contributed by atoms with Crippen LogP contribution in [0.4, 0.5) is 0 Å². The summed E-state index contributed by atoms with van der Waals surface area (Å²) in [7, 11) is 0. The predicted molar refractivity (Wildman–Crippen MR) is 35.0 cm³/mol. The highest BCUT2D eigenvalue weighted by atomic mass is 16.5. The lowest BCUT2D eigenvalue weighted by molar-refractivity contribution is 0.110. The summed E-state index contributed by atoms with van der Waals surface area (Å²) in [6, 6.07) is 0. The SMILES string of the molecule is NC[C@H]1C[C@H]2C=C[C@H]1O2. The molecule has 0 saturated carbocycles. The van der Waals surface area contributed by atoms with E-state index in [0.29, 0.717) is 18.1 Å². The lowest BCUT2D eigenvalue weighted by Crippen LogP contribution is -2.22. The fourth-order valence-electron chi connectivity index (χ4n) is 1.59. The molecule has 0 radical (unpaired) electrons. The van der Waals surface area contributed by atoms with E-state index in [9.17, 15) is 0 Å². The zero-order valence-electron chi connectivity index (χ0n) is 5.29. The molecule has 0 aliphatic carbocycles. The Morgan fingerprint density at radius 3 is 2.78 bits per heavy atom. The molecule has 2 bridgehead atoms. The lowest BCUT2D eigenvalue weighted by atomic mass is 9.95. The lowest BCUT2D eigenvalue weighted by Gasteiger charge is -2.10. The molecule has 1 saturated heterocycles. The fraction of sp³-hybridized carbons (Fsp3) is 0.714. The van der Waals surface area contributed by atoms with Gasteiger partial charge in [-0.15, -0.1) is 0 Å². The third-order valence-corrected chi connectivity index (χ3v) is 2.15. The average Bonchev–Trinajstić information content (AvgIpc) is 2.45. The van der Waals surface area contributed by atoms with Crippen LogP contribution in [0.2, 0.25) is 0 Å². The third-order valence-electron chi connectivity index (χ3n) is 2.15. The maximum absolute atomic E-state index is 5.51. The average molecular weight is 125 g/mol. The van der Waals surface area contributed by atoms with Gasteiger partial charge in [-0.05, 0) is 13.0 Å². The smallest absolute Gasteiger partial charge is 0.0806 e. The summed E-state index contributed by atoms with van der Waals surface area (Å²) in [5.41, 5.74) is 5.51. The van der Waals surface area contributed by atoms with Gasteiger partial charge in [0.05, 0.1) is 12.2 Å². The van der Waals surface area contributed by atoms with Crippen LogP contribution < -0.4 is 5.73 Å². The van der Waals surface area contributed by atoms with Gasteiger partial charge in [-0.25, -0.2) is 0 Å². The summed E-state index contributed by atoms with van der Waals surface area (Å²) in [4.78, 5) is 0. The molecule has 0 amide bonds. The van der Waals surface area contributed by atoms with Gasteiger partial charge in [0, 0.05) is 5.92 Å². The van der Waals surface area contributed by atoms with E-state index in [-0.39, 0.29) is 0 Å². The quantitative estimate of drug-likeness (QED) is 0.511. The van der Waals surface area contributed by atoms with Crippen LogP contribution in [0.5, 0.6) is 0 Å². The van der Waals surface area contributed by atoms with Crippen LogP contribution in [0.25, 0.3) is 0 Å². The number of nitrogens with two attached hydrogens (primary N) is 1. The van der Waals surface area contributed by atoms with Gasteiger partial charge in [0.1, 0.15) is 0 Å². The van der Waals surface area contributed by atoms with E-state index in [2.05, 4.69) is 12.2 Å². The van der Waals surface area contributed by atoms with Crippen molar-refractivity contribution in [3.05, 3.63) is 12.2 Å². The molecule has 0 spiro atoms. The van der Waals surface area contributed by atoms with Crippen molar-refractivity contribution >= 4 is 0 Å². The summed E-state index contributed by atoms with van der Waals surface area (Å²) >= 11 is 0. The van der Waals surface area contributed by atoms with Crippen molar-refractivity contribution in [2.24, 2.45) is 11.7 Å². The Balaban J connectivity index is 2.10. The van der Waals surface area contributed by atoms with E-state index in [4.69, 9.17) is 10.5 Å². The zero-order chi connectivity index (χ0) is 6.27. The van der Waals surface area contributed by atoms with Crippen LogP contribution in [0.15, 0.2) is 12.2 Å². The second-order valence-corrected chi connectivity index (χ2v) is 2.76. The fourth-order valence-corrected chi connectivity index (χ4v) is 1.59. The van der Waals surface area contributed by atoms with Gasteiger partial charge in [-0.2, -0.15) is 0 Å². The van der Waals surface area contributed by atoms with Crippen LogP contribution in [0.1, 0.15) is 6.42 Å². The Bertz CT molecular complexity index is 144. The van der Waals surface area contributed by atoms with E-state index in [1.54, 1.807) is 0 Å². The van der Waals surface area contributed by atoms with Gasteiger partial charge in [0.15, 0.2) is 0 Å². The van der Waals surface area contributed by atoms with Crippen LogP contribution in [-0.2, 0) is 4.74 Å². The third kappa shape index (κ3) is 0.705. The first-order valence-electron chi connectivity index (χ1n) is 3.44.